The van der Waals surface area contributed by atoms with Crippen LogP contribution in [0.5, 0.6) is 0 Å². The SMILES string of the molecule is CC(C)(CNCC1(CO)CCC1)C1CCCCC1. The fourth-order valence-corrected chi connectivity index (χ4v) is 3.75. The lowest BCUT2D eigenvalue weighted by atomic mass is 9.68. The third-order valence-corrected chi connectivity index (χ3v) is 5.54. The summed E-state index contributed by atoms with van der Waals surface area (Å²) < 4.78 is 0. The van der Waals surface area contributed by atoms with Crippen molar-refractivity contribution in [1.82, 2.24) is 5.32 Å². The molecule has 2 fully saturated rings. The molecule has 2 aliphatic carbocycles. The van der Waals surface area contributed by atoms with Crippen molar-refractivity contribution >= 4 is 0 Å². The number of aliphatic hydroxyl groups is 1. The Hall–Kier alpha value is -0.0800. The van der Waals surface area contributed by atoms with Crippen LogP contribution in [0.1, 0.15) is 65.2 Å². The van der Waals surface area contributed by atoms with Crippen LogP contribution in [0.2, 0.25) is 0 Å². The van der Waals surface area contributed by atoms with E-state index >= 15 is 0 Å². The summed E-state index contributed by atoms with van der Waals surface area (Å²) >= 11 is 0. The Morgan fingerprint density at radius 3 is 2.28 bits per heavy atom. The van der Waals surface area contributed by atoms with Gasteiger partial charge >= 0.3 is 0 Å². The molecule has 0 amide bonds. The van der Waals surface area contributed by atoms with Gasteiger partial charge in [0.05, 0.1) is 0 Å². The Balaban J connectivity index is 1.74. The largest absolute Gasteiger partial charge is 0.396 e. The first-order chi connectivity index (χ1) is 8.58. The van der Waals surface area contributed by atoms with Crippen LogP contribution >= 0.6 is 0 Å². The molecular weight excluding hydrogens is 222 g/mol. The summed E-state index contributed by atoms with van der Waals surface area (Å²) in [6, 6.07) is 0. The third-order valence-electron chi connectivity index (χ3n) is 5.54. The van der Waals surface area contributed by atoms with Crippen LogP contribution in [0.15, 0.2) is 0 Å². The first kappa shape index (κ1) is 14.3. The average molecular weight is 253 g/mol. The summed E-state index contributed by atoms with van der Waals surface area (Å²) in [5.74, 6) is 0.894. The maximum absolute atomic E-state index is 9.47. The highest BCUT2D eigenvalue weighted by Gasteiger charge is 2.37. The lowest BCUT2D eigenvalue weighted by Gasteiger charge is -2.42. The van der Waals surface area contributed by atoms with Crippen LogP contribution in [0.3, 0.4) is 0 Å². The first-order valence-electron chi connectivity index (χ1n) is 7.90. The van der Waals surface area contributed by atoms with Gasteiger partial charge in [-0.1, -0.05) is 39.5 Å². The monoisotopic (exact) mass is 253 g/mol. The first-order valence-corrected chi connectivity index (χ1v) is 7.90. The van der Waals surface area contributed by atoms with Crippen molar-refractivity contribution < 1.29 is 5.11 Å². The number of hydrogen-bond acceptors (Lipinski definition) is 2. The number of rotatable bonds is 6. The molecule has 18 heavy (non-hydrogen) atoms. The summed E-state index contributed by atoms with van der Waals surface area (Å²) in [4.78, 5) is 0. The van der Waals surface area contributed by atoms with Crippen molar-refractivity contribution in [3.05, 3.63) is 0 Å². The minimum absolute atomic E-state index is 0.225. The van der Waals surface area contributed by atoms with Gasteiger partial charge in [-0.15, -0.1) is 0 Å². The lowest BCUT2D eigenvalue weighted by molar-refractivity contribution is 0.0394. The quantitative estimate of drug-likeness (QED) is 0.761. The zero-order valence-electron chi connectivity index (χ0n) is 12.3. The van der Waals surface area contributed by atoms with Crippen LogP contribution in [0, 0.1) is 16.7 Å². The Kier molecular flexibility index (Phi) is 4.71. The predicted molar refractivity (Wildman–Crippen MR) is 76.6 cm³/mol. The van der Waals surface area contributed by atoms with E-state index in [1.165, 1.54) is 51.4 Å². The van der Waals surface area contributed by atoms with Crippen molar-refractivity contribution in [2.45, 2.75) is 65.2 Å². The molecule has 106 valence electrons. The van der Waals surface area contributed by atoms with Crippen molar-refractivity contribution in [3.8, 4) is 0 Å². The van der Waals surface area contributed by atoms with E-state index < -0.39 is 0 Å². The van der Waals surface area contributed by atoms with E-state index in [1.807, 2.05) is 0 Å². The molecule has 0 bridgehead atoms. The molecule has 2 aliphatic rings. The van der Waals surface area contributed by atoms with Crippen molar-refractivity contribution in [1.29, 1.82) is 0 Å². The highest BCUT2D eigenvalue weighted by molar-refractivity contribution is 4.90. The number of aliphatic hydroxyl groups excluding tert-OH is 1. The zero-order chi connectivity index (χ0) is 13.1. The molecule has 0 saturated heterocycles. The highest BCUT2D eigenvalue weighted by Crippen LogP contribution is 2.41. The molecule has 0 aliphatic heterocycles. The van der Waals surface area contributed by atoms with Gasteiger partial charge in [-0.05, 0) is 37.0 Å². The standard InChI is InChI=1S/C16H31NO/c1-15(2,14-7-4-3-5-8-14)11-17-12-16(13-18)9-6-10-16/h14,17-18H,3-13H2,1-2H3. The smallest absolute Gasteiger partial charge is 0.0499 e. The minimum atomic E-state index is 0.225. The van der Waals surface area contributed by atoms with Gasteiger partial charge in [-0.3, -0.25) is 0 Å². The van der Waals surface area contributed by atoms with E-state index in [9.17, 15) is 5.11 Å². The fourth-order valence-electron chi connectivity index (χ4n) is 3.75. The molecule has 0 atom stereocenters. The second-order valence-corrected chi connectivity index (χ2v) is 7.44. The molecule has 2 rings (SSSR count). The highest BCUT2D eigenvalue weighted by atomic mass is 16.3. The van der Waals surface area contributed by atoms with E-state index in [0.29, 0.717) is 12.0 Å². The second kappa shape index (κ2) is 5.92. The normalized spacial score (nSPS) is 24.8. The third kappa shape index (κ3) is 3.27. The van der Waals surface area contributed by atoms with Crippen molar-refractivity contribution in [2.75, 3.05) is 19.7 Å². The molecular formula is C16H31NO. The van der Waals surface area contributed by atoms with Gasteiger partial charge in [0.2, 0.25) is 0 Å². The molecule has 0 aromatic carbocycles. The Morgan fingerprint density at radius 1 is 1.11 bits per heavy atom. The Morgan fingerprint density at radius 2 is 1.78 bits per heavy atom. The maximum atomic E-state index is 9.47. The summed E-state index contributed by atoms with van der Waals surface area (Å²) in [6.07, 6.45) is 10.8. The lowest BCUT2D eigenvalue weighted by Crippen LogP contribution is -2.46. The van der Waals surface area contributed by atoms with Crippen LogP contribution in [-0.4, -0.2) is 24.8 Å². The summed E-state index contributed by atoms with van der Waals surface area (Å²) in [5, 5.41) is 13.1. The van der Waals surface area contributed by atoms with E-state index in [1.54, 1.807) is 0 Å². The summed E-state index contributed by atoms with van der Waals surface area (Å²) in [6.45, 7) is 7.33. The van der Waals surface area contributed by atoms with Gasteiger partial charge in [0.25, 0.3) is 0 Å². The molecule has 2 heteroatoms. The van der Waals surface area contributed by atoms with Crippen molar-refractivity contribution in [2.24, 2.45) is 16.7 Å². The van der Waals surface area contributed by atoms with Crippen LogP contribution in [0.4, 0.5) is 0 Å². The van der Waals surface area contributed by atoms with E-state index in [4.69, 9.17) is 0 Å². The predicted octanol–water partition coefficient (Wildman–Crippen LogP) is 3.35. The van der Waals surface area contributed by atoms with Gasteiger partial charge in [-0.2, -0.15) is 0 Å². The molecule has 0 heterocycles. The number of hydrogen-bond donors (Lipinski definition) is 2. The van der Waals surface area contributed by atoms with Gasteiger partial charge in [0, 0.05) is 25.1 Å². The minimum Gasteiger partial charge on any atom is -0.396 e. The van der Waals surface area contributed by atoms with Gasteiger partial charge in [0.1, 0.15) is 0 Å². The second-order valence-electron chi connectivity index (χ2n) is 7.44. The van der Waals surface area contributed by atoms with Gasteiger partial charge in [-0.25, -0.2) is 0 Å². The Labute approximate surface area is 113 Å². The summed E-state index contributed by atoms with van der Waals surface area (Å²) in [5.41, 5.74) is 0.642. The Bertz CT molecular complexity index is 246. The topological polar surface area (TPSA) is 32.3 Å². The van der Waals surface area contributed by atoms with Crippen LogP contribution in [0.25, 0.3) is 0 Å². The molecule has 2 N–H and O–H groups in total. The van der Waals surface area contributed by atoms with Gasteiger partial charge < -0.3 is 10.4 Å². The molecule has 0 spiro atoms. The van der Waals surface area contributed by atoms with Crippen LogP contribution < -0.4 is 5.32 Å². The zero-order valence-corrected chi connectivity index (χ0v) is 12.3. The molecule has 0 aromatic rings. The molecule has 2 saturated carbocycles. The molecule has 0 aromatic heterocycles. The van der Waals surface area contributed by atoms with E-state index in [-0.39, 0.29) is 5.41 Å². The van der Waals surface area contributed by atoms with Crippen LogP contribution in [-0.2, 0) is 0 Å². The van der Waals surface area contributed by atoms with Crippen molar-refractivity contribution in [3.63, 3.8) is 0 Å². The van der Waals surface area contributed by atoms with E-state index in [0.717, 1.165) is 19.0 Å². The van der Waals surface area contributed by atoms with E-state index in [2.05, 4.69) is 19.2 Å². The maximum Gasteiger partial charge on any atom is 0.0499 e. The average Bonchev–Trinajstić information content (AvgIpc) is 2.34. The van der Waals surface area contributed by atoms with Gasteiger partial charge in [0.15, 0.2) is 0 Å². The molecule has 2 nitrogen and oxygen atoms in total. The summed E-state index contributed by atoms with van der Waals surface area (Å²) in [7, 11) is 0. The molecule has 0 unspecified atom stereocenters. The number of nitrogens with one attached hydrogen (secondary N) is 1. The fraction of sp³-hybridized carbons (Fsp3) is 1.00. The molecule has 0 radical (unpaired) electrons.